The molecule has 0 N–H and O–H groups in total. The Bertz CT molecular complexity index is 325. The van der Waals surface area contributed by atoms with Crippen LogP contribution in [0.15, 0.2) is 12.8 Å². The molecule has 3 nitrogen and oxygen atoms in total. The van der Waals surface area contributed by atoms with Crippen molar-refractivity contribution in [2.45, 2.75) is 13.8 Å². The van der Waals surface area contributed by atoms with Crippen molar-refractivity contribution in [3.8, 4) is 0 Å². The molecule has 0 atom stereocenters. The van der Waals surface area contributed by atoms with Gasteiger partial charge in [-0.25, -0.2) is 9.97 Å². The Morgan fingerprint density at radius 3 is 2.92 bits per heavy atom. The highest BCUT2D eigenvalue weighted by molar-refractivity contribution is 6.30. The maximum atomic E-state index is 5.81. The maximum absolute atomic E-state index is 5.81. The van der Waals surface area contributed by atoms with Crippen LogP contribution in [0, 0.1) is 6.92 Å². The molecule has 0 radical (unpaired) electrons. The lowest BCUT2D eigenvalue weighted by molar-refractivity contribution is 0.296. The number of ether oxygens (including phenoxy) is 1. The van der Waals surface area contributed by atoms with E-state index in [9.17, 15) is 0 Å². The molecule has 0 aliphatic rings. The van der Waals surface area contributed by atoms with Crippen molar-refractivity contribution >= 4 is 17.4 Å². The average molecular weight is 199 g/mol. The molecule has 0 aliphatic carbocycles. The van der Waals surface area contributed by atoms with Crippen molar-refractivity contribution < 1.29 is 4.74 Å². The van der Waals surface area contributed by atoms with E-state index in [1.807, 2.05) is 13.8 Å². The predicted molar refractivity (Wildman–Crippen MR) is 52.4 cm³/mol. The number of hydrogen-bond donors (Lipinski definition) is 0. The SMILES string of the molecule is C=C(OCC)c1ncc(C)c(Cl)n1. The van der Waals surface area contributed by atoms with Crippen LogP contribution in [0.5, 0.6) is 0 Å². The van der Waals surface area contributed by atoms with E-state index in [4.69, 9.17) is 16.3 Å². The third kappa shape index (κ3) is 2.42. The van der Waals surface area contributed by atoms with Gasteiger partial charge in [0, 0.05) is 11.8 Å². The fourth-order valence-corrected chi connectivity index (χ4v) is 0.923. The van der Waals surface area contributed by atoms with Gasteiger partial charge in [0.15, 0.2) is 11.6 Å². The van der Waals surface area contributed by atoms with Crippen LogP contribution in [0.1, 0.15) is 18.3 Å². The first kappa shape index (κ1) is 9.99. The summed E-state index contributed by atoms with van der Waals surface area (Å²) in [5.74, 6) is 0.891. The number of nitrogens with zero attached hydrogens (tertiary/aromatic N) is 2. The molecule has 13 heavy (non-hydrogen) atoms. The van der Waals surface area contributed by atoms with Crippen LogP contribution in [0.25, 0.3) is 5.76 Å². The minimum atomic E-state index is 0.436. The van der Waals surface area contributed by atoms with Crippen molar-refractivity contribution in [3.63, 3.8) is 0 Å². The highest BCUT2D eigenvalue weighted by Crippen LogP contribution is 2.14. The van der Waals surface area contributed by atoms with Gasteiger partial charge in [-0.15, -0.1) is 0 Å². The van der Waals surface area contributed by atoms with Crippen molar-refractivity contribution in [3.05, 3.63) is 29.3 Å². The average Bonchev–Trinajstić information content (AvgIpc) is 2.10. The van der Waals surface area contributed by atoms with E-state index in [0.717, 1.165) is 5.56 Å². The van der Waals surface area contributed by atoms with E-state index in [2.05, 4.69) is 16.5 Å². The normalized spacial score (nSPS) is 9.77. The van der Waals surface area contributed by atoms with Crippen molar-refractivity contribution in [1.29, 1.82) is 0 Å². The van der Waals surface area contributed by atoms with Gasteiger partial charge in [0.1, 0.15) is 5.15 Å². The summed E-state index contributed by atoms with van der Waals surface area (Å²) in [7, 11) is 0. The van der Waals surface area contributed by atoms with E-state index in [1.54, 1.807) is 6.20 Å². The van der Waals surface area contributed by atoms with E-state index >= 15 is 0 Å². The molecule has 1 aromatic rings. The highest BCUT2D eigenvalue weighted by Gasteiger charge is 2.05. The van der Waals surface area contributed by atoms with Gasteiger partial charge < -0.3 is 4.74 Å². The molecule has 4 heteroatoms. The van der Waals surface area contributed by atoms with Crippen molar-refractivity contribution in [1.82, 2.24) is 9.97 Å². The summed E-state index contributed by atoms with van der Waals surface area (Å²) < 4.78 is 5.14. The number of hydrogen-bond acceptors (Lipinski definition) is 3. The summed E-state index contributed by atoms with van der Waals surface area (Å²) >= 11 is 5.81. The molecule has 0 unspecified atom stereocenters. The Labute approximate surface area is 82.4 Å². The zero-order valence-electron chi connectivity index (χ0n) is 7.67. The lowest BCUT2D eigenvalue weighted by Crippen LogP contribution is -1.98. The van der Waals surface area contributed by atoms with E-state index < -0.39 is 0 Å². The van der Waals surface area contributed by atoms with Crippen LogP contribution in [0.3, 0.4) is 0 Å². The quantitative estimate of drug-likeness (QED) is 0.553. The summed E-state index contributed by atoms with van der Waals surface area (Å²) in [6.07, 6.45) is 1.65. The third-order valence-corrected chi connectivity index (χ3v) is 1.86. The lowest BCUT2D eigenvalue weighted by Gasteiger charge is -2.05. The van der Waals surface area contributed by atoms with Gasteiger partial charge in [0.2, 0.25) is 0 Å². The van der Waals surface area contributed by atoms with Crippen LogP contribution in [0.2, 0.25) is 5.15 Å². The Morgan fingerprint density at radius 2 is 2.38 bits per heavy atom. The van der Waals surface area contributed by atoms with Gasteiger partial charge in [0.25, 0.3) is 0 Å². The first-order chi connectivity index (χ1) is 6.15. The Morgan fingerprint density at radius 1 is 1.69 bits per heavy atom. The second kappa shape index (κ2) is 4.23. The molecule has 0 fully saturated rings. The van der Waals surface area contributed by atoms with Crippen molar-refractivity contribution in [2.75, 3.05) is 6.61 Å². The molecule has 0 amide bonds. The molecular weight excluding hydrogens is 188 g/mol. The molecule has 70 valence electrons. The number of aromatic nitrogens is 2. The number of rotatable bonds is 3. The molecule has 1 rings (SSSR count). The first-order valence-corrected chi connectivity index (χ1v) is 4.34. The highest BCUT2D eigenvalue weighted by atomic mass is 35.5. The monoisotopic (exact) mass is 198 g/mol. The van der Waals surface area contributed by atoms with Crippen LogP contribution in [0.4, 0.5) is 0 Å². The second-order valence-electron chi connectivity index (χ2n) is 2.52. The topological polar surface area (TPSA) is 35.0 Å². The minimum Gasteiger partial charge on any atom is -0.491 e. The molecule has 0 aliphatic heterocycles. The molecule has 0 spiro atoms. The summed E-state index contributed by atoms with van der Waals surface area (Å²) in [5, 5.41) is 0.436. The van der Waals surface area contributed by atoms with Crippen LogP contribution in [-0.4, -0.2) is 16.6 Å². The largest absolute Gasteiger partial charge is 0.491 e. The zero-order chi connectivity index (χ0) is 9.84. The number of aryl methyl sites for hydroxylation is 1. The van der Waals surface area contributed by atoms with Crippen LogP contribution in [-0.2, 0) is 4.74 Å². The molecule has 1 aromatic heterocycles. The van der Waals surface area contributed by atoms with E-state index in [1.165, 1.54) is 0 Å². The molecule has 1 heterocycles. The fraction of sp³-hybridized carbons (Fsp3) is 0.333. The summed E-state index contributed by atoms with van der Waals surface area (Å²) in [6.45, 7) is 7.95. The predicted octanol–water partition coefficient (Wildman–Crippen LogP) is 2.45. The second-order valence-corrected chi connectivity index (χ2v) is 2.88. The van der Waals surface area contributed by atoms with Gasteiger partial charge in [-0.3, -0.25) is 0 Å². The summed E-state index contributed by atoms with van der Waals surface area (Å²) in [5.41, 5.74) is 0.842. The van der Waals surface area contributed by atoms with Crippen LogP contribution < -0.4 is 0 Å². The maximum Gasteiger partial charge on any atom is 0.195 e. The van der Waals surface area contributed by atoms with Gasteiger partial charge in [-0.05, 0) is 13.8 Å². The van der Waals surface area contributed by atoms with Gasteiger partial charge in [-0.2, -0.15) is 0 Å². The summed E-state index contributed by atoms with van der Waals surface area (Å²) in [6, 6.07) is 0. The molecule has 0 saturated heterocycles. The molecular formula is C9H11ClN2O. The minimum absolute atomic E-state index is 0.436. The van der Waals surface area contributed by atoms with Gasteiger partial charge in [0.05, 0.1) is 6.61 Å². The van der Waals surface area contributed by atoms with E-state index in [-0.39, 0.29) is 0 Å². The zero-order valence-corrected chi connectivity index (χ0v) is 8.43. The first-order valence-electron chi connectivity index (χ1n) is 3.96. The molecule has 0 aromatic carbocycles. The van der Waals surface area contributed by atoms with Crippen molar-refractivity contribution in [2.24, 2.45) is 0 Å². The number of halogens is 1. The van der Waals surface area contributed by atoms with Gasteiger partial charge in [-0.1, -0.05) is 18.2 Å². The smallest absolute Gasteiger partial charge is 0.195 e. The Kier molecular flexibility index (Phi) is 3.25. The summed E-state index contributed by atoms with van der Waals surface area (Å²) in [4.78, 5) is 8.06. The van der Waals surface area contributed by atoms with E-state index in [0.29, 0.717) is 23.3 Å². The fourth-order valence-electron chi connectivity index (χ4n) is 0.794. The Balaban J connectivity index is 2.90. The molecule has 0 bridgehead atoms. The van der Waals surface area contributed by atoms with Crippen LogP contribution >= 0.6 is 11.6 Å². The van der Waals surface area contributed by atoms with Gasteiger partial charge >= 0.3 is 0 Å². The Hall–Kier alpha value is -1.09. The third-order valence-electron chi connectivity index (χ3n) is 1.48. The lowest BCUT2D eigenvalue weighted by atomic mass is 10.4. The standard InChI is InChI=1S/C9H11ClN2O/c1-4-13-7(3)9-11-5-6(2)8(10)12-9/h5H,3-4H2,1-2H3. The molecule has 0 saturated carbocycles.